The highest BCUT2D eigenvalue weighted by Gasteiger charge is 2.62. The number of ether oxygens (including phenoxy) is 2. The number of sulfone groups is 1. The molecule has 0 bridgehead atoms. The number of nitrogens with zero attached hydrogens (tertiary/aromatic N) is 4. The van der Waals surface area contributed by atoms with E-state index in [9.17, 15) is 41.2 Å². The van der Waals surface area contributed by atoms with Crippen molar-refractivity contribution in [2.45, 2.75) is 98.5 Å². The number of hydrogen-bond acceptors (Lipinski definition) is 9. The lowest BCUT2D eigenvalue weighted by Crippen LogP contribution is -2.69. The second-order valence-electron chi connectivity index (χ2n) is 13.7. The van der Waals surface area contributed by atoms with Crippen LogP contribution in [0, 0.1) is 17.1 Å². The van der Waals surface area contributed by atoms with Gasteiger partial charge in [-0.1, -0.05) is 23.2 Å². The standard InChI is InChI=1S/C32H33Cl2F4N5O7S/c1-17(32(36,37)38)49-19-5-6-24(21(34)12-19)51(47,48)20-13-23(26(44)41-30(16-39)7-8-30)42(15-20)27(45)31(25-22(35)11-18(33)14-40-25)9-10-43(31)28(46)50-29(2,3)4/h5-6,11-12,14,17,20,23H,7-10,13,15H2,1-4H3,(H,41,44)/t17?,20-,23+,31?/m1/s1. The summed E-state index contributed by atoms with van der Waals surface area (Å²) in [6.45, 7) is 4.75. The van der Waals surface area contributed by atoms with E-state index >= 15 is 4.39 Å². The number of amides is 3. The lowest BCUT2D eigenvalue weighted by Gasteiger charge is -2.52. The van der Waals surface area contributed by atoms with Gasteiger partial charge in [-0.3, -0.25) is 19.5 Å². The zero-order valence-electron chi connectivity index (χ0n) is 27.7. The summed E-state index contributed by atoms with van der Waals surface area (Å²) in [6, 6.07) is 4.19. The van der Waals surface area contributed by atoms with Crippen LogP contribution < -0.4 is 10.1 Å². The van der Waals surface area contributed by atoms with Gasteiger partial charge in [0.1, 0.15) is 34.4 Å². The third-order valence-electron chi connectivity index (χ3n) is 8.90. The zero-order chi connectivity index (χ0) is 37.9. The Labute approximate surface area is 300 Å². The first-order valence-electron chi connectivity index (χ1n) is 15.7. The lowest BCUT2D eigenvalue weighted by molar-refractivity contribution is -0.189. The Bertz CT molecular complexity index is 1920. The van der Waals surface area contributed by atoms with Gasteiger partial charge < -0.3 is 19.7 Å². The molecule has 51 heavy (non-hydrogen) atoms. The minimum Gasteiger partial charge on any atom is -0.481 e. The van der Waals surface area contributed by atoms with Crippen LogP contribution in [0.15, 0.2) is 35.4 Å². The van der Waals surface area contributed by atoms with Crippen LogP contribution in [0.4, 0.5) is 22.4 Å². The number of halogens is 6. The maximum Gasteiger partial charge on any atom is 0.425 e. The molecule has 276 valence electrons. The van der Waals surface area contributed by atoms with Crippen LogP contribution in [0.1, 0.15) is 59.1 Å². The van der Waals surface area contributed by atoms with Crippen LogP contribution in [0.2, 0.25) is 10.0 Å². The second-order valence-corrected chi connectivity index (χ2v) is 16.7. The van der Waals surface area contributed by atoms with Crippen molar-refractivity contribution in [3.63, 3.8) is 0 Å². The van der Waals surface area contributed by atoms with E-state index in [1.54, 1.807) is 20.8 Å². The number of benzene rings is 1. The van der Waals surface area contributed by atoms with Gasteiger partial charge in [0.25, 0.3) is 5.91 Å². The Kier molecular flexibility index (Phi) is 9.98. The smallest absolute Gasteiger partial charge is 0.425 e. The second kappa shape index (κ2) is 13.3. The fourth-order valence-electron chi connectivity index (χ4n) is 5.98. The maximum atomic E-state index is 15.6. The van der Waals surface area contributed by atoms with Crippen molar-refractivity contribution in [1.82, 2.24) is 20.1 Å². The fraction of sp³-hybridized carbons (Fsp3) is 0.531. The van der Waals surface area contributed by atoms with Gasteiger partial charge in [-0.25, -0.2) is 17.6 Å². The van der Waals surface area contributed by atoms with E-state index in [4.69, 9.17) is 32.7 Å². The Morgan fingerprint density at radius 3 is 2.31 bits per heavy atom. The first-order chi connectivity index (χ1) is 23.5. The quantitative estimate of drug-likeness (QED) is 0.351. The van der Waals surface area contributed by atoms with Crippen LogP contribution >= 0.6 is 23.2 Å². The topological polar surface area (TPSA) is 159 Å². The number of nitriles is 1. The van der Waals surface area contributed by atoms with Crippen LogP contribution in [-0.4, -0.2) is 88.9 Å². The molecular weight excluding hydrogens is 745 g/mol. The molecule has 0 radical (unpaired) electrons. The summed E-state index contributed by atoms with van der Waals surface area (Å²) in [5, 5.41) is 10.1. The van der Waals surface area contributed by atoms with E-state index in [2.05, 4.69) is 10.3 Å². The number of nitrogens with one attached hydrogen (secondary N) is 1. The number of pyridine rings is 1. The molecule has 19 heteroatoms. The first kappa shape index (κ1) is 38.4. The molecule has 3 fully saturated rings. The van der Waals surface area contributed by atoms with Crippen LogP contribution in [-0.2, 0) is 29.7 Å². The van der Waals surface area contributed by atoms with Gasteiger partial charge in [0.15, 0.2) is 21.5 Å². The third-order valence-corrected chi connectivity index (χ3v) is 11.7. The molecule has 3 heterocycles. The average Bonchev–Trinajstić information content (AvgIpc) is 3.60. The normalized spacial score (nSPS) is 23.5. The van der Waals surface area contributed by atoms with Crippen molar-refractivity contribution in [2.24, 2.45) is 0 Å². The average molecular weight is 779 g/mol. The number of likely N-dealkylation sites (tertiary alicyclic amines) is 2. The molecule has 2 aliphatic heterocycles. The van der Waals surface area contributed by atoms with Gasteiger partial charge in [0.2, 0.25) is 5.91 Å². The summed E-state index contributed by atoms with van der Waals surface area (Å²) in [5.41, 5.74) is -4.96. The SMILES string of the molecule is CC(Oc1ccc(S(=O)(=O)[C@@H]2C[C@@H](C(=O)NC3(C#N)CC3)N(C(=O)C3(c4ncc(Cl)cc4F)CCN3C(=O)OC(C)(C)C)C2)c(Cl)c1)C(F)(F)F. The largest absolute Gasteiger partial charge is 0.481 e. The lowest BCUT2D eigenvalue weighted by atomic mass is 9.79. The molecule has 1 aromatic carbocycles. The fourth-order valence-corrected chi connectivity index (χ4v) is 8.36. The van der Waals surface area contributed by atoms with Crippen molar-refractivity contribution < 1.29 is 49.8 Å². The number of carbonyl (C=O) groups is 3. The molecule has 4 atom stereocenters. The van der Waals surface area contributed by atoms with Gasteiger partial charge in [0.05, 0.1) is 26.3 Å². The van der Waals surface area contributed by atoms with Gasteiger partial charge in [-0.15, -0.1) is 0 Å². The van der Waals surface area contributed by atoms with E-state index < -0.39 is 102 Å². The van der Waals surface area contributed by atoms with Crippen molar-refractivity contribution in [3.05, 3.63) is 52.0 Å². The number of aromatic nitrogens is 1. The Morgan fingerprint density at radius 2 is 1.80 bits per heavy atom. The van der Waals surface area contributed by atoms with E-state index in [0.29, 0.717) is 12.8 Å². The van der Waals surface area contributed by atoms with Crippen LogP contribution in [0.25, 0.3) is 0 Å². The number of alkyl halides is 3. The molecule has 2 saturated heterocycles. The van der Waals surface area contributed by atoms with E-state index in [1.807, 2.05) is 6.07 Å². The van der Waals surface area contributed by atoms with Crippen molar-refractivity contribution in [1.29, 1.82) is 5.26 Å². The molecule has 3 amide bonds. The summed E-state index contributed by atoms with van der Waals surface area (Å²) >= 11 is 12.2. The number of carbonyl (C=O) groups excluding carboxylic acids is 3. The predicted octanol–water partition coefficient (Wildman–Crippen LogP) is 5.31. The minimum absolute atomic E-state index is 0.0919. The summed E-state index contributed by atoms with van der Waals surface area (Å²) in [4.78, 5) is 47.4. The Hall–Kier alpha value is -3.88. The van der Waals surface area contributed by atoms with E-state index in [-0.39, 0.29) is 23.7 Å². The molecular formula is C32H33Cl2F4N5O7S. The van der Waals surface area contributed by atoms with Crippen molar-refractivity contribution in [3.8, 4) is 11.8 Å². The number of hydrogen-bond donors (Lipinski definition) is 1. The van der Waals surface area contributed by atoms with E-state index in [1.165, 1.54) is 0 Å². The molecule has 12 nitrogen and oxygen atoms in total. The van der Waals surface area contributed by atoms with Crippen LogP contribution in [0.5, 0.6) is 5.75 Å². The molecule has 1 aromatic heterocycles. The highest BCUT2D eigenvalue weighted by Crippen LogP contribution is 2.46. The summed E-state index contributed by atoms with van der Waals surface area (Å²) in [7, 11) is -4.54. The predicted molar refractivity (Wildman–Crippen MR) is 173 cm³/mol. The van der Waals surface area contributed by atoms with Gasteiger partial charge in [0, 0.05) is 31.8 Å². The zero-order valence-corrected chi connectivity index (χ0v) is 30.0. The summed E-state index contributed by atoms with van der Waals surface area (Å²) in [6.07, 6.45) is -6.96. The molecule has 1 saturated carbocycles. The first-order valence-corrected chi connectivity index (χ1v) is 18.0. The molecule has 1 aliphatic carbocycles. The molecule has 2 unspecified atom stereocenters. The van der Waals surface area contributed by atoms with Crippen LogP contribution in [0.3, 0.4) is 0 Å². The molecule has 5 rings (SSSR count). The Morgan fingerprint density at radius 1 is 1.14 bits per heavy atom. The van der Waals surface area contributed by atoms with Gasteiger partial charge in [-0.05, 0) is 65.2 Å². The van der Waals surface area contributed by atoms with Crippen molar-refractivity contribution >= 4 is 50.9 Å². The third kappa shape index (κ3) is 7.40. The summed E-state index contributed by atoms with van der Waals surface area (Å²) < 4.78 is 93.3. The monoisotopic (exact) mass is 777 g/mol. The number of rotatable bonds is 8. The molecule has 0 spiro atoms. The van der Waals surface area contributed by atoms with Gasteiger partial charge in [-0.2, -0.15) is 18.4 Å². The molecule has 3 aliphatic rings. The maximum absolute atomic E-state index is 15.6. The van der Waals surface area contributed by atoms with E-state index in [0.717, 1.165) is 47.2 Å². The van der Waals surface area contributed by atoms with Crippen molar-refractivity contribution in [2.75, 3.05) is 13.1 Å². The highest BCUT2D eigenvalue weighted by atomic mass is 35.5. The molecule has 2 aromatic rings. The van der Waals surface area contributed by atoms with Gasteiger partial charge >= 0.3 is 12.3 Å². The minimum atomic E-state index is -4.71. The summed E-state index contributed by atoms with van der Waals surface area (Å²) in [5.74, 6) is -3.31. The highest BCUT2D eigenvalue weighted by molar-refractivity contribution is 7.92. The Balaban J connectivity index is 1.55. The molecule has 1 N–H and O–H groups in total.